The molecule has 1 aliphatic heterocycles. The summed E-state index contributed by atoms with van der Waals surface area (Å²) in [4.78, 5) is 23.5. The van der Waals surface area contributed by atoms with Crippen molar-refractivity contribution in [3.05, 3.63) is 23.8 Å². The molecular formula is C18H26BNO6. The number of benzene rings is 1. The summed E-state index contributed by atoms with van der Waals surface area (Å²) in [6.07, 6.45) is -0.640. The molecule has 1 amide bonds. The van der Waals surface area contributed by atoms with Crippen LogP contribution >= 0.6 is 0 Å². The van der Waals surface area contributed by atoms with Crippen LogP contribution in [-0.2, 0) is 14.0 Å². The molecule has 1 heterocycles. The van der Waals surface area contributed by atoms with Crippen LogP contribution in [0.25, 0.3) is 0 Å². The van der Waals surface area contributed by atoms with Gasteiger partial charge in [-0.3, -0.25) is 5.32 Å². The molecule has 7 nitrogen and oxygen atoms in total. The van der Waals surface area contributed by atoms with Crippen molar-refractivity contribution in [1.29, 1.82) is 0 Å². The van der Waals surface area contributed by atoms with E-state index < -0.39 is 36.0 Å². The molecule has 0 aliphatic carbocycles. The van der Waals surface area contributed by atoms with Gasteiger partial charge in [-0.25, -0.2) is 9.59 Å². The van der Waals surface area contributed by atoms with Crippen molar-refractivity contribution in [2.75, 3.05) is 5.32 Å². The number of hydrogen-bond donors (Lipinski definition) is 2. The lowest BCUT2D eigenvalue weighted by Gasteiger charge is -2.32. The van der Waals surface area contributed by atoms with Gasteiger partial charge in [-0.1, -0.05) is 0 Å². The molecular weight excluding hydrogens is 337 g/mol. The van der Waals surface area contributed by atoms with Crippen LogP contribution in [0.1, 0.15) is 58.8 Å². The number of aromatic carboxylic acids is 1. The fourth-order valence-electron chi connectivity index (χ4n) is 2.39. The first-order valence-electron chi connectivity index (χ1n) is 8.45. The Kier molecular flexibility index (Phi) is 5.14. The van der Waals surface area contributed by atoms with Gasteiger partial charge in [0.05, 0.1) is 16.8 Å². The number of carbonyl (C=O) groups excluding carboxylic acids is 1. The molecule has 142 valence electrons. The molecule has 1 aliphatic rings. The number of carbonyl (C=O) groups is 2. The highest BCUT2D eigenvalue weighted by molar-refractivity contribution is 6.64. The first kappa shape index (κ1) is 20.3. The molecule has 26 heavy (non-hydrogen) atoms. The molecule has 1 aromatic rings. The third kappa shape index (κ3) is 4.37. The maximum atomic E-state index is 12.1. The average molecular weight is 363 g/mol. The number of nitrogens with one attached hydrogen (secondary N) is 1. The van der Waals surface area contributed by atoms with Gasteiger partial charge in [0.15, 0.2) is 0 Å². The van der Waals surface area contributed by atoms with E-state index in [0.29, 0.717) is 11.2 Å². The molecule has 1 fully saturated rings. The van der Waals surface area contributed by atoms with Gasteiger partial charge in [0.2, 0.25) is 0 Å². The number of rotatable bonds is 3. The highest BCUT2D eigenvalue weighted by Crippen LogP contribution is 2.37. The first-order chi connectivity index (χ1) is 11.7. The minimum absolute atomic E-state index is 0.0736. The highest BCUT2D eigenvalue weighted by Gasteiger charge is 2.52. The second-order valence-corrected chi connectivity index (χ2v) is 8.32. The average Bonchev–Trinajstić information content (AvgIpc) is 2.65. The lowest BCUT2D eigenvalue weighted by atomic mass is 9.77. The van der Waals surface area contributed by atoms with Crippen LogP contribution < -0.4 is 10.8 Å². The Morgan fingerprint density at radius 3 is 2.12 bits per heavy atom. The Bertz CT molecular complexity index is 707. The monoisotopic (exact) mass is 363 g/mol. The van der Waals surface area contributed by atoms with E-state index in [-0.39, 0.29) is 5.56 Å². The maximum Gasteiger partial charge on any atom is 0.497 e. The molecule has 0 aromatic heterocycles. The minimum atomic E-state index is -1.08. The quantitative estimate of drug-likeness (QED) is 0.802. The Morgan fingerprint density at radius 2 is 1.65 bits per heavy atom. The SMILES string of the molecule is CC(C)(C)OC(=O)Nc1ccc(C(=O)O)cc1B1OC(C)(C)C(C)(C)O1. The van der Waals surface area contributed by atoms with Crippen LogP contribution in [0.2, 0.25) is 0 Å². The largest absolute Gasteiger partial charge is 0.497 e. The predicted molar refractivity (Wildman–Crippen MR) is 99.0 cm³/mol. The van der Waals surface area contributed by atoms with E-state index in [1.807, 2.05) is 27.7 Å². The van der Waals surface area contributed by atoms with Crippen molar-refractivity contribution >= 4 is 30.3 Å². The number of ether oxygens (including phenoxy) is 1. The summed E-state index contributed by atoms with van der Waals surface area (Å²) in [5.41, 5.74) is -0.975. The van der Waals surface area contributed by atoms with Gasteiger partial charge in [0, 0.05) is 11.2 Å². The van der Waals surface area contributed by atoms with Gasteiger partial charge in [-0.15, -0.1) is 0 Å². The van der Waals surface area contributed by atoms with Gasteiger partial charge >= 0.3 is 19.2 Å². The van der Waals surface area contributed by atoms with Crippen LogP contribution in [0.5, 0.6) is 0 Å². The summed E-state index contributed by atoms with van der Waals surface area (Å²) in [6.45, 7) is 12.9. The van der Waals surface area contributed by atoms with Gasteiger partial charge in [0.25, 0.3) is 0 Å². The fourth-order valence-corrected chi connectivity index (χ4v) is 2.39. The van der Waals surface area contributed by atoms with E-state index in [0.717, 1.165) is 0 Å². The third-order valence-electron chi connectivity index (χ3n) is 4.44. The number of carboxylic acid groups (broad SMARTS) is 1. The van der Waals surface area contributed by atoms with E-state index in [1.54, 1.807) is 20.8 Å². The minimum Gasteiger partial charge on any atom is -0.478 e. The van der Waals surface area contributed by atoms with Crippen LogP contribution in [0.3, 0.4) is 0 Å². The van der Waals surface area contributed by atoms with Crippen molar-refractivity contribution in [3.8, 4) is 0 Å². The van der Waals surface area contributed by atoms with Crippen LogP contribution in [-0.4, -0.2) is 41.1 Å². The zero-order valence-corrected chi connectivity index (χ0v) is 16.3. The standard InChI is InChI=1S/C18H26BNO6/c1-16(2,3)24-15(23)20-13-9-8-11(14(21)22)10-12(13)19-25-17(4,5)18(6,7)26-19/h8-10H,1-7H3,(H,20,23)(H,21,22). The molecule has 8 heteroatoms. The zero-order valence-electron chi connectivity index (χ0n) is 16.3. The molecule has 2 N–H and O–H groups in total. The summed E-state index contributed by atoms with van der Waals surface area (Å²) >= 11 is 0. The Labute approximate surface area is 154 Å². The summed E-state index contributed by atoms with van der Waals surface area (Å²) in [7, 11) is -0.816. The summed E-state index contributed by atoms with van der Waals surface area (Å²) in [5.74, 6) is -1.08. The van der Waals surface area contributed by atoms with Crippen LogP contribution in [0.15, 0.2) is 18.2 Å². The second kappa shape index (κ2) is 6.59. The molecule has 0 unspecified atom stereocenters. The van der Waals surface area contributed by atoms with Crippen molar-refractivity contribution < 1.29 is 28.7 Å². The van der Waals surface area contributed by atoms with Crippen molar-refractivity contribution in [1.82, 2.24) is 0 Å². The molecule has 0 saturated carbocycles. The van der Waals surface area contributed by atoms with Gasteiger partial charge in [-0.2, -0.15) is 0 Å². The van der Waals surface area contributed by atoms with Gasteiger partial charge in [-0.05, 0) is 66.7 Å². The molecule has 0 radical (unpaired) electrons. The Hall–Kier alpha value is -2.06. The molecule has 1 aromatic carbocycles. The second-order valence-electron chi connectivity index (χ2n) is 8.32. The third-order valence-corrected chi connectivity index (χ3v) is 4.44. The molecule has 0 bridgehead atoms. The van der Waals surface area contributed by atoms with Gasteiger partial charge in [0.1, 0.15) is 5.60 Å². The smallest absolute Gasteiger partial charge is 0.478 e. The topological polar surface area (TPSA) is 94.1 Å². The zero-order chi connectivity index (χ0) is 19.9. The van der Waals surface area contributed by atoms with Gasteiger partial charge < -0.3 is 19.2 Å². The van der Waals surface area contributed by atoms with E-state index in [9.17, 15) is 14.7 Å². The van der Waals surface area contributed by atoms with Crippen LogP contribution in [0, 0.1) is 0 Å². The Morgan fingerprint density at radius 1 is 1.12 bits per heavy atom. The van der Waals surface area contributed by atoms with Crippen molar-refractivity contribution in [2.45, 2.75) is 65.3 Å². The predicted octanol–water partition coefficient (Wildman–Crippen LogP) is 3.03. The van der Waals surface area contributed by atoms with E-state index in [1.165, 1.54) is 18.2 Å². The number of hydrogen-bond acceptors (Lipinski definition) is 5. The molecule has 0 atom stereocenters. The number of amides is 1. The molecule has 1 saturated heterocycles. The molecule has 0 spiro atoms. The number of anilines is 1. The summed E-state index contributed by atoms with van der Waals surface area (Å²) in [5, 5.41) is 11.9. The maximum absolute atomic E-state index is 12.1. The fraction of sp³-hybridized carbons (Fsp3) is 0.556. The van der Waals surface area contributed by atoms with E-state index in [2.05, 4.69) is 5.32 Å². The lowest BCUT2D eigenvalue weighted by molar-refractivity contribution is 0.00578. The van der Waals surface area contributed by atoms with Crippen molar-refractivity contribution in [3.63, 3.8) is 0 Å². The number of carboxylic acids is 1. The summed E-state index contributed by atoms with van der Waals surface area (Å²) < 4.78 is 17.3. The molecule has 2 rings (SSSR count). The van der Waals surface area contributed by atoms with Crippen LogP contribution in [0.4, 0.5) is 10.5 Å². The van der Waals surface area contributed by atoms with Crippen molar-refractivity contribution in [2.24, 2.45) is 0 Å². The normalized spacial score (nSPS) is 18.5. The summed E-state index contributed by atoms with van der Waals surface area (Å²) in [6, 6.07) is 4.36. The first-order valence-corrected chi connectivity index (χ1v) is 8.45. The van der Waals surface area contributed by atoms with E-state index in [4.69, 9.17) is 14.0 Å². The van der Waals surface area contributed by atoms with E-state index >= 15 is 0 Å². The highest BCUT2D eigenvalue weighted by atomic mass is 16.7. The Balaban J connectivity index is 2.38. The lowest BCUT2D eigenvalue weighted by Crippen LogP contribution is -2.41.